The first-order valence-electron chi connectivity index (χ1n) is 2.96. The third-order valence-electron chi connectivity index (χ3n) is 1.30. The van der Waals surface area contributed by atoms with E-state index in [-0.39, 0.29) is 6.07 Å². The summed E-state index contributed by atoms with van der Waals surface area (Å²) in [4.78, 5) is 8.68. The van der Waals surface area contributed by atoms with Crippen LogP contribution in [0.2, 0.25) is 0 Å². The Labute approximate surface area is 69.4 Å². The molecule has 1 rings (SSSR count). The van der Waals surface area contributed by atoms with E-state index in [9.17, 15) is 23.3 Å². The van der Waals surface area contributed by atoms with Crippen molar-refractivity contribution >= 4 is 5.69 Å². The van der Waals surface area contributed by atoms with E-state index >= 15 is 0 Å². The molecule has 1 aromatic rings. The van der Waals surface area contributed by atoms with Gasteiger partial charge in [0.15, 0.2) is 5.82 Å². The van der Waals surface area contributed by atoms with Crippen molar-refractivity contribution in [2.24, 2.45) is 0 Å². The van der Waals surface area contributed by atoms with Crippen LogP contribution in [-0.2, 0) is 0 Å². The number of hydrogen-bond acceptors (Lipinski definition) is 3. The van der Waals surface area contributed by atoms with E-state index in [1.54, 1.807) is 0 Å². The normalized spacial score (nSPS) is 10.1. The maximum Gasteiger partial charge on any atom is 0.349 e. The van der Waals surface area contributed by atoms with Gasteiger partial charge >= 0.3 is 5.69 Å². The van der Waals surface area contributed by atoms with Crippen LogP contribution in [0.1, 0.15) is 0 Å². The molecular weight excluding hydrogens is 191 g/mol. The lowest BCUT2D eigenvalue weighted by Crippen LogP contribution is -1.97. The van der Waals surface area contributed by atoms with Crippen molar-refractivity contribution in [1.29, 1.82) is 0 Å². The fraction of sp³-hybridized carbons (Fsp3) is 0. The summed E-state index contributed by atoms with van der Waals surface area (Å²) in [6.45, 7) is 0. The van der Waals surface area contributed by atoms with Crippen molar-refractivity contribution in [3.05, 3.63) is 33.6 Å². The summed E-state index contributed by atoms with van der Waals surface area (Å²) in [5.74, 6) is -6.78. The molecule has 4 nitrogen and oxygen atoms in total. The number of aromatic hydroxyl groups is 1. The number of benzene rings is 1. The lowest BCUT2D eigenvalue weighted by atomic mass is 10.2. The Morgan fingerprint density at radius 2 is 1.85 bits per heavy atom. The Bertz CT molecular complexity index is 380. The van der Waals surface area contributed by atoms with Crippen molar-refractivity contribution in [2.75, 3.05) is 0 Å². The average Bonchev–Trinajstić information content (AvgIpc) is 1.99. The maximum absolute atomic E-state index is 12.5. The van der Waals surface area contributed by atoms with E-state index in [1.165, 1.54) is 0 Å². The number of nitrogens with zero attached hydrogens (tertiary/aromatic N) is 1. The van der Waals surface area contributed by atoms with Crippen molar-refractivity contribution in [3.63, 3.8) is 0 Å². The first-order valence-corrected chi connectivity index (χ1v) is 2.96. The molecule has 0 unspecified atom stereocenters. The van der Waals surface area contributed by atoms with E-state index in [1.807, 2.05) is 0 Å². The van der Waals surface area contributed by atoms with Gasteiger partial charge in [-0.1, -0.05) is 0 Å². The maximum atomic E-state index is 12.5. The van der Waals surface area contributed by atoms with Crippen LogP contribution in [0.15, 0.2) is 6.07 Å². The zero-order chi connectivity index (χ0) is 10.2. The third-order valence-corrected chi connectivity index (χ3v) is 1.30. The standard InChI is InChI=1S/C6H2F3NO3/c7-2-1-3(8)5(10(12)13)6(11)4(2)9/h1,11H. The number of nitro benzene ring substituents is 1. The molecule has 0 atom stereocenters. The number of hydrogen-bond donors (Lipinski definition) is 1. The summed E-state index contributed by atoms with van der Waals surface area (Å²) in [5, 5.41) is 18.7. The fourth-order valence-electron chi connectivity index (χ4n) is 0.747. The van der Waals surface area contributed by atoms with Gasteiger partial charge in [-0.05, 0) is 0 Å². The largest absolute Gasteiger partial charge is 0.500 e. The molecular formula is C6H2F3NO3. The SMILES string of the molecule is O=[N+]([O-])c1c(F)cc(F)c(F)c1O. The molecule has 0 spiro atoms. The molecule has 1 aromatic carbocycles. The summed E-state index contributed by atoms with van der Waals surface area (Å²) < 4.78 is 37.3. The molecule has 0 saturated heterocycles. The van der Waals surface area contributed by atoms with Crippen LogP contribution in [0.4, 0.5) is 18.9 Å². The fourth-order valence-corrected chi connectivity index (χ4v) is 0.747. The number of phenolic OH excluding ortho intramolecular Hbond substituents is 1. The molecule has 0 bridgehead atoms. The summed E-state index contributed by atoms with van der Waals surface area (Å²) in [6, 6.07) is -0.00676. The summed E-state index contributed by atoms with van der Waals surface area (Å²) >= 11 is 0. The van der Waals surface area contributed by atoms with Gasteiger partial charge in [-0.3, -0.25) is 10.1 Å². The van der Waals surface area contributed by atoms with E-state index < -0.39 is 33.8 Å². The molecule has 70 valence electrons. The van der Waals surface area contributed by atoms with Gasteiger partial charge in [-0.25, -0.2) is 4.39 Å². The summed E-state index contributed by atoms with van der Waals surface area (Å²) in [6.07, 6.45) is 0. The first kappa shape index (κ1) is 9.30. The number of nitro groups is 1. The van der Waals surface area contributed by atoms with Gasteiger partial charge in [0.2, 0.25) is 17.4 Å². The number of rotatable bonds is 1. The smallest absolute Gasteiger partial charge is 0.349 e. The third kappa shape index (κ3) is 1.40. The van der Waals surface area contributed by atoms with E-state index in [4.69, 9.17) is 5.11 Å². The molecule has 13 heavy (non-hydrogen) atoms. The zero-order valence-electron chi connectivity index (χ0n) is 5.92. The minimum absolute atomic E-state index is 0.00676. The minimum atomic E-state index is -1.84. The molecule has 0 amide bonds. The van der Waals surface area contributed by atoms with Crippen molar-refractivity contribution < 1.29 is 23.2 Å². The highest BCUT2D eigenvalue weighted by atomic mass is 19.2. The topological polar surface area (TPSA) is 63.4 Å². The zero-order valence-corrected chi connectivity index (χ0v) is 5.92. The Morgan fingerprint density at radius 1 is 1.31 bits per heavy atom. The average molecular weight is 193 g/mol. The van der Waals surface area contributed by atoms with E-state index in [0.29, 0.717) is 0 Å². The molecule has 0 fully saturated rings. The molecule has 1 N–H and O–H groups in total. The molecule has 7 heteroatoms. The lowest BCUT2D eigenvalue weighted by Gasteiger charge is -1.99. The second kappa shape index (κ2) is 2.92. The first-order chi connectivity index (χ1) is 5.95. The number of halogens is 3. The van der Waals surface area contributed by atoms with Gasteiger partial charge in [0.05, 0.1) is 4.92 Å². The van der Waals surface area contributed by atoms with Gasteiger partial charge in [-0.15, -0.1) is 0 Å². The Morgan fingerprint density at radius 3 is 2.31 bits per heavy atom. The van der Waals surface area contributed by atoms with Gasteiger partial charge in [0.1, 0.15) is 0 Å². The molecule has 0 aromatic heterocycles. The minimum Gasteiger partial charge on any atom is -0.500 e. The highest BCUT2D eigenvalue weighted by Crippen LogP contribution is 2.32. The number of phenols is 1. The van der Waals surface area contributed by atoms with Crippen LogP contribution in [0.25, 0.3) is 0 Å². The Hall–Kier alpha value is -1.79. The van der Waals surface area contributed by atoms with Crippen LogP contribution in [-0.4, -0.2) is 10.0 Å². The van der Waals surface area contributed by atoms with Gasteiger partial charge in [0, 0.05) is 6.07 Å². The molecule has 0 saturated carbocycles. The highest BCUT2D eigenvalue weighted by molar-refractivity contribution is 5.47. The lowest BCUT2D eigenvalue weighted by molar-refractivity contribution is -0.388. The molecule has 0 aliphatic rings. The highest BCUT2D eigenvalue weighted by Gasteiger charge is 2.26. The van der Waals surface area contributed by atoms with Crippen LogP contribution in [0.3, 0.4) is 0 Å². The van der Waals surface area contributed by atoms with E-state index in [0.717, 1.165) is 0 Å². The van der Waals surface area contributed by atoms with E-state index in [2.05, 4.69) is 0 Å². The summed E-state index contributed by atoms with van der Waals surface area (Å²) in [5.41, 5.74) is -1.47. The van der Waals surface area contributed by atoms with Crippen molar-refractivity contribution in [1.82, 2.24) is 0 Å². The monoisotopic (exact) mass is 193 g/mol. The van der Waals surface area contributed by atoms with Gasteiger partial charge < -0.3 is 5.11 Å². The predicted octanol–water partition coefficient (Wildman–Crippen LogP) is 1.72. The van der Waals surface area contributed by atoms with Crippen LogP contribution in [0.5, 0.6) is 5.75 Å². The Kier molecular flexibility index (Phi) is 2.09. The van der Waals surface area contributed by atoms with Gasteiger partial charge in [-0.2, -0.15) is 8.78 Å². The van der Waals surface area contributed by atoms with Crippen molar-refractivity contribution in [3.8, 4) is 5.75 Å². The second-order valence-corrected chi connectivity index (χ2v) is 2.11. The van der Waals surface area contributed by atoms with Gasteiger partial charge in [0.25, 0.3) is 0 Å². The van der Waals surface area contributed by atoms with Crippen LogP contribution in [0, 0.1) is 27.6 Å². The second-order valence-electron chi connectivity index (χ2n) is 2.11. The van der Waals surface area contributed by atoms with Crippen LogP contribution < -0.4 is 0 Å². The molecule has 0 aliphatic carbocycles. The Balaban J connectivity index is 3.53. The van der Waals surface area contributed by atoms with Crippen molar-refractivity contribution in [2.45, 2.75) is 0 Å². The predicted molar refractivity (Wildman–Crippen MR) is 34.6 cm³/mol. The molecule has 0 heterocycles. The molecule has 0 aliphatic heterocycles. The summed E-state index contributed by atoms with van der Waals surface area (Å²) in [7, 11) is 0. The van der Waals surface area contributed by atoms with Crippen LogP contribution >= 0.6 is 0 Å². The quantitative estimate of drug-likeness (QED) is 0.419. The molecule has 0 radical (unpaired) electrons.